The summed E-state index contributed by atoms with van der Waals surface area (Å²) in [5, 5.41) is 18.8. The Bertz CT molecular complexity index is 721. The van der Waals surface area contributed by atoms with Crippen molar-refractivity contribution in [2.75, 3.05) is 0 Å². The summed E-state index contributed by atoms with van der Waals surface area (Å²) in [5.74, 6) is -0.798. The third-order valence-corrected chi connectivity index (χ3v) is 5.13. The van der Waals surface area contributed by atoms with Crippen molar-refractivity contribution in [1.82, 2.24) is 0 Å². The zero-order chi connectivity index (χ0) is 14.2. The highest BCUT2D eigenvalue weighted by Crippen LogP contribution is 2.33. The van der Waals surface area contributed by atoms with Gasteiger partial charge in [0.2, 0.25) is 9.84 Å². The van der Waals surface area contributed by atoms with Crippen LogP contribution in [-0.4, -0.2) is 18.6 Å². The molecule has 0 saturated heterocycles. The number of aryl methyl sites for hydroxylation is 1. The van der Waals surface area contributed by atoms with E-state index < -0.39 is 15.6 Å². The Labute approximate surface area is 119 Å². The Morgan fingerprint density at radius 1 is 1.00 bits per heavy atom. The first-order valence-electron chi connectivity index (χ1n) is 5.35. The van der Waals surface area contributed by atoms with Crippen molar-refractivity contribution in [3.05, 3.63) is 46.4 Å². The molecule has 0 radical (unpaired) electrons. The van der Waals surface area contributed by atoms with E-state index in [0.29, 0.717) is 5.56 Å². The summed E-state index contributed by atoms with van der Waals surface area (Å²) in [5.41, 5.74) is 0.373. The molecule has 2 aromatic rings. The average molecular weight is 343 g/mol. The molecule has 0 aliphatic carbocycles. The summed E-state index contributed by atoms with van der Waals surface area (Å²) in [6.07, 6.45) is 0. The molecule has 0 saturated carbocycles. The van der Waals surface area contributed by atoms with Gasteiger partial charge in [-0.2, -0.15) is 0 Å². The Kier molecular flexibility index (Phi) is 3.56. The van der Waals surface area contributed by atoms with E-state index in [1.54, 1.807) is 19.1 Å². The number of rotatable bonds is 2. The molecule has 0 amide bonds. The van der Waals surface area contributed by atoms with Crippen molar-refractivity contribution in [3.8, 4) is 11.5 Å². The van der Waals surface area contributed by atoms with Crippen LogP contribution < -0.4 is 0 Å². The van der Waals surface area contributed by atoms with Crippen LogP contribution in [0.5, 0.6) is 11.5 Å². The van der Waals surface area contributed by atoms with Crippen molar-refractivity contribution in [2.45, 2.75) is 16.7 Å². The molecule has 0 fully saturated rings. The van der Waals surface area contributed by atoms with Crippen LogP contribution in [0.4, 0.5) is 0 Å². The van der Waals surface area contributed by atoms with E-state index in [2.05, 4.69) is 15.9 Å². The number of sulfone groups is 1. The standard InChI is InChI=1S/C13H11BrO4S/c1-8-6-11(15)12(16)7-13(8)19(17,18)10-4-2-9(14)3-5-10/h2-7,15-16H,1H3. The maximum absolute atomic E-state index is 12.4. The van der Waals surface area contributed by atoms with Crippen LogP contribution in [0.25, 0.3) is 0 Å². The summed E-state index contributed by atoms with van der Waals surface area (Å²) >= 11 is 3.24. The molecule has 0 atom stereocenters. The normalized spacial score (nSPS) is 11.5. The Balaban J connectivity index is 2.63. The van der Waals surface area contributed by atoms with Gasteiger partial charge in [-0.15, -0.1) is 0 Å². The van der Waals surface area contributed by atoms with E-state index in [4.69, 9.17) is 0 Å². The summed E-state index contributed by atoms with van der Waals surface area (Å²) in [4.78, 5) is 0.106. The van der Waals surface area contributed by atoms with E-state index in [1.165, 1.54) is 18.2 Å². The molecule has 0 bridgehead atoms. The molecule has 0 unspecified atom stereocenters. The average Bonchev–Trinajstić information content (AvgIpc) is 2.34. The first kappa shape index (κ1) is 13.9. The summed E-state index contributed by atoms with van der Waals surface area (Å²) < 4.78 is 25.6. The molecular formula is C13H11BrO4S. The van der Waals surface area contributed by atoms with Gasteiger partial charge in [0.15, 0.2) is 11.5 Å². The van der Waals surface area contributed by atoms with E-state index in [0.717, 1.165) is 10.5 Å². The number of aromatic hydroxyl groups is 2. The van der Waals surface area contributed by atoms with E-state index in [9.17, 15) is 18.6 Å². The lowest BCUT2D eigenvalue weighted by Gasteiger charge is -2.09. The molecule has 0 aliphatic heterocycles. The zero-order valence-corrected chi connectivity index (χ0v) is 12.4. The first-order chi connectivity index (χ1) is 8.82. The van der Waals surface area contributed by atoms with Crippen molar-refractivity contribution >= 4 is 25.8 Å². The van der Waals surface area contributed by atoms with Crippen LogP contribution in [0, 0.1) is 6.92 Å². The number of halogens is 1. The van der Waals surface area contributed by atoms with Gasteiger partial charge in [-0.1, -0.05) is 15.9 Å². The number of phenols is 2. The third kappa shape index (κ3) is 2.59. The predicted octanol–water partition coefficient (Wildman–Crippen LogP) is 3.00. The van der Waals surface area contributed by atoms with Crippen LogP contribution in [0.1, 0.15) is 5.56 Å². The second-order valence-corrected chi connectivity index (χ2v) is 6.90. The molecule has 0 spiro atoms. The molecule has 2 N–H and O–H groups in total. The molecule has 0 heterocycles. The van der Waals surface area contributed by atoms with Crippen LogP contribution in [-0.2, 0) is 9.84 Å². The molecule has 0 aromatic heterocycles. The van der Waals surface area contributed by atoms with Crippen LogP contribution in [0.15, 0.2) is 50.7 Å². The molecule has 19 heavy (non-hydrogen) atoms. The lowest BCUT2D eigenvalue weighted by molar-refractivity contribution is 0.401. The van der Waals surface area contributed by atoms with E-state index in [1.807, 2.05) is 0 Å². The topological polar surface area (TPSA) is 74.6 Å². The van der Waals surface area contributed by atoms with Gasteiger partial charge in [-0.3, -0.25) is 0 Å². The minimum atomic E-state index is -3.72. The van der Waals surface area contributed by atoms with Crippen LogP contribution in [0.3, 0.4) is 0 Å². The molecule has 0 aliphatic rings. The van der Waals surface area contributed by atoms with Gasteiger partial charge in [-0.05, 0) is 42.8 Å². The second-order valence-electron chi connectivity index (χ2n) is 4.06. The minimum absolute atomic E-state index is 0.0230. The first-order valence-corrected chi connectivity index (χ1v) is 7.63. The molecule has 2 rings (SSSR count). The number of hydrogen-bond acceptors (Lipinski definition) is 4. The fourth-order valence-corrected chi connectivity index (χ4v) is 3.45. The maximum Gasteiger partial charge on any atom is 0.206 e. The predicted molar refractivity (Wildman–Crippen MR) is 74.1 cm³/mol. The van der Waals surface area contributed by atoms with Gasteiger partial charge in [-0.25, -0.2) is 8.42 Å². The van der Waals surface area contributed by atoms with Crippen molar-refractivity contribution < 1.29 is 18.6 Å². The van der Waals surface area contributed by atoms with Crippen molar-refractivity contribution in [3.63, 3.8) is 0 Å². The Hall–Kier alpha value is -1.53. The minimum Gasteiger partial charge on any atom is -0.504 e. The van der Waals surface area contributed by atoms with E-state index >= 15 is 0 Å². The molecular weight excluding hydrogens is 332 g/mol. The van der Waals surface area contributed by atoms with Gasteiger partial charge in [0.05, 0.1) is 9.79 Å². The second kappa shape index (κ2) is 4.86. The largest absolute Gasteiger partial charge is 0.504 e. The van der Waals surface area contributed by atoms with E-state index in [-0.39, 0.29) is 15.5 Å². The monoisotopic (exact) mass is 342 g/mol. The lowest BCUT2D eigenvalue weighted by atomic mass is 10.2. The lowest BCUT2D eigenvalue weighted by Crippen LogP contribution is -2.04. The van der Waals surface area contributed by atoms with Gasteiger partial charge < -0.3 is 10.2 Å². The number of hydrogen-bond donors (Lipinski definition) is 2. The quantitative estimate of drug-likeness (QED) is 0.822. The maximum atomic E-state index is 12.4. The summed E-state index contributed by atoms with van der Waals surface area (Å²) in [7, 11) is -3.72. The summed E-state index contributed by atoms with van der Waals surface area (Å²) in [6.45, 7) is 1.56. The fourth-order valence-electron chi connectivity index (χ4n) is 1.69. The Morgan fingerprint density at radius 2 is 1.53 bits per heavy atom. The van der Waals surface area contributed by atoms with Crippen molar-refractivity contribution in [1.29, 1.82) is 0 Å². The highest BCUT2D eigenvalue weighted by molar-refractivity contribution is 9.10. The molecule has 6 heteroatoms. The van der Waals surface area contributed by atoms with Crippen LogP contribution in [0.2, 0.25) is 0 Å². The highest BCUT2D eigenvalue weighted by atomic mass is 79.9. The SMILES string of the molecule is Cc1cc(O)c(O)cc1S(=O)(=O)c1ccc(Br)cc1. The van der Waals surface area contributed by atoms with Gasteiger partial charge in [0.25, 0.3) is 0 Å². The smallest absolute Gasteiger partial charge is 0.206 e. The number of phenolic OH excluding ortho intramolecular Hbond substituents is 2. The third-order valence-electron chi connectivity index (χ3n) is 2.69. The van der Waals surface area contributed by atoms with Crippen molar-refractivity contribution in [2.24, 2.45) is 0 Å². The molecule has 4 nitrogen and oxygen atoms in total. The van der Waals surface area contributed by atoms with Gasteiger partial charge in [0.1, 0.15) is 0 Å². The van der Waals surface area contributed by atoms with Gasteiger partial charge in [0, 0.05) is 10.5 Å². The summed E-state index contributed by atoms with van der Waals surface area (Å²) in [6, 6.07) is 8.49. The number of benzene rings is 2. The zero-order valence-electron chi connectivity index (χ0n) is 9.96. The van der Waals surface area contributed by atoms with Crippen LogP contribution >= 0.6 is 15.9 Å². The fraction of sp³-hybridized carbons (Fsp3) is 0.0769. The van der Waals surface area contributed by atoms with Gasteiger partial charge >= 0.3 is 0 Å². The Morgan fingerprint density at radius 3 is 2.11 bits per heavy atom. The molecule has 2 aromatic carbocycles. The highest BCUT2D eigenvalue weighted by Gasteiger charge is 2.21. The molecule has 100 valence electrons.